The van der Waals surface area contributed by atoms with E-state index in [-0.39, 0.29) is 5.91 Å². The van der Waals surface area contributed by atoms with Gasteiger partial charge in [0.05, 0.1) is 12.4 Å². The van der Waals surface area contributed by atoms with E-state index in [9.17, 15) is 4.79 Å². The Kier molecular flexibility index (Phi) is 3.94. The first-order chi connectivity index (χ1) is 8.16. The van der Waals surface area contributed by atoms with Crippen LogP contribution in [0.15, 0.2) is 12.4 Å². The maximum Gasteiger partial charge on any atom is 0.273 e. The fourth-order valence-electron chi connectivity index (χ4n) is 2.28. The minimum Gasteiger partial charge on any atom is -0.340 e. The highest BCUT2D eigenvalue weighted by Crippen LogP contribution is 2.25. The van der Waals surface area contributed by atoms with Gasteiger partial charge >= 0.3 is 0 Å². The molecular weight excluding hydrogens is 238 g/mol. The number of nitrogens with zero attached hydrogens (tertiary/aromatic N) is 3. The molecule has 1 amide bonds. The van der Waals surface area contributed by atoms with E-state index in [0.29, 0.717) is 16.8 Å². The summed E-state index contributed by atoms with van der Waals surface area (Å²) in [5.74, 6) is 0.560. The Morgan fingerprint density at radius 3 is 2.71 bits per heavy atom. The largest absolute Gasteiger partial charge is 0.340 e. The first kappa shape index (κ1) is 12.3. The third-order valence-electron chi connectivity index (χ3n) is 3.19. The summed E-state index contributed by atoms with van der Waals surface area (Å²) in [5.41, 5.74) is 0.356. The van der Waals surface area contributed by atoms with Crippen molar-refractivity contribution in [2.45, 2.75) is 25.7 Å². The van der Waals surface area contributed by atoms with Gasteiger partial charge in [-0.25, -0.2) is 9.97 Å². The van der Waals surface area contributed by atoms with Gasteiger partial charge in [-0.15, -0.1) is 0 Å². The maximum absolute atomic E-state index is 12.0. The molecule has 0 radical (unpaired) electrons. The fraction of sp³-hybridized carbons (Fsp3) is 0.583. The van der Waals surface area contributed by atoms with Gasteiger partial charge in [-0.05, 0) is 18.8 Å². The second kappa shape index (κ2) is 5.45. The van der Waals surface area contributed by atoms with E-state index >= 15 is 0 Å². The van der Waals surface area contributed by atoms with Gasteiger partial charge in [0.1, 0.15) is 10.8 Å². The summed E-state index contributed by atoms with van der Waals surface area (Å²) in [6, 6.07) is 0. The molecule has 92 valence electrons. The van der Waals surface area contributed by atoms with Crippen LogP contribution in [0.5, 0.6) is 0 Å². The smallest absolute Gasteiger partial charge is 0.273 e. The second-order valence-electron chi connectivity index (χ2n) is 4.56. The Bertz CT molecular complexity index is 387. The standard InChI is InChI=1S/C12H16ClN3O/c1-16(8-9-4-2-3-5-9)12(17)10-6-15-11(13)7-14-10/h6-7,9H,2-5,8H2,1H3. The maximum atomic E-state index is 12.0. The van der Waals surface area contributed by atoms with Crippen LogP contribution < -0.4 is 0 Å². The number of hydrogen-bond donors (Lipinski definition) is 0. The molecule has 0 bridgehead atoms. The molecule has 1 saturated carbocycles. The van der Waals surface area contributed by atoms with Gasteiger partial charge in [0, 0.05) is 13.6 Å². The lowest BCUT2D eigenvalue weighted by atomic mass is 10.1. The van der Waals surface area contributed by atoms with Gasteiger partial charge in [-0.2, -0.15) is 0 Å². The molecule has 0 spiro atoms. The van der Waals surface area contributed by atoms with Crippen molar-refractivity contribution in [2.75, 3.05) is 13.6 Å². The quantitative estimate of drug-likeness (QED) is 0.831. The third kappa shape index (κ3) is 3.16. The lowest BCUT2D eigenvalue weighted by molar-refractivity contribution is 0.0767. The molecular formula is C12H16ClN3O. The molecule has 1 aromatic heterocycles. The summed E-state index contributed by atoms with van der Waals surface area (Å²) in [4.78, 5) is 21.6. The Hall–Kier alpha value is -1.16. The molecule has 1 heterocycles. The summed E-state index contributed by atoms with van der Waals surface area (Å²) in [6.45, 7) is 0.809. The highest BCUT2D eigenvalue weighted by Gasteiger charge is 2.20. The number of hydrogen-bond acceptors (Lipinski definition) is 3. The van der Waals surface area contributed by atoms with Crippen LogP contribution in [0, 0.1) is 5.92 Å². The summed E-state index contributed by atoms with van der Waals surface area (Å²) < 4.78 is 0. The highest BCUT2D eigenvalue weighted by molar-refractivity contribution is 6.29. The molecule has 0 aromatic carbocycles. The molecule has 0 unspecified atom stereocenters. The van der Waals surface area contributed by atoms with Crippen molar-refractivity contribution in [1.82, 2.24) is 14.9 Å². The van der Waals surface area contributed by atoms with E-state index in [1.165, 1.54) is 38.1 Å². The molecule has 5 heteroatoms. The van der Waals surface area contributed by atoms with Gasteiger partial charge in [0.15, 0.2) is 0 Å². The lowest BCUT2D eigenvalue weighted by Crippen LogP contribution is -2.31. The number of rotatable bonds is 3. The van der Waals surface area contributed by atoms with Crippen LogP contribution >= 0.6 is 11.6 Å². The van der Waals surface area contributed by atoms with Gasteiger partial charge in [0.25, 0.3) is 5.91 Å². The second-order valence-corrected chi connectivity index (χ2v) is 4.95. The topological polar surface area (TPSA) is 46.1 Å². The van der Waals surface area contributed by atoms with Crippen LogP contribution in [-0.2, 0) is 0 Å². The molecule has 1 fully saturated rings. The van der Waals surface area contributed by atoms with Crippen LogP contribution in [-0.4, -0.2) is 34.4 Å². The summed E-state index contributed by atoms with van der Waals surface area (Å²) in [6.07, 6.45) is 7.85. The number of halogens is 1. The molecule has 0 N–H and O–H groups in total. The molecule has 0 saturated heterocycles. The Balaban J connectivity index is 1.96. The molecule has 1 aliphatic carbocycles. The predicted octanol–water partition coefficient (Wildman–Crippen LogP) is 2.39. The van der Waals surface area contributed by atoms with Gasteiger partial charge in [-0.3, -0.25) is 4.79 Å². The van der Waals surface area contributed by atoms with Crippen molar-refractivity contribution < 1.29 is 4.79 Å². The van der Waals surface area contributed by atoms with Crippen molar-refractivity contribution in [3.05, 3.63) is 23.2 Å². The van der Waals surface area contributed by atoms with Gasteiger partial charge in [0.2, 0.25) is 0 Å². The minimum atomic E-state index is -0.0823. The highest BCUT2D eigenvalue weighted by atomic mass is 35.5. The average molecular weight is 254 g/mol. The Morgan fingerprint density at radius 2 is 2.12 bits per heavy atom. The molecule has 17 heavy (non-hydrogen) atoms. The van der Waals surface area contributed by atoms with E-state index in [4.69, 9.17) is 11.6 Å². The monoisotopic (exact) mass is 253 g/mol. The van der Waals surface area contributed by atoms with E-state index < -0.39 is 0 Å². The van der Waals surface area contributed by atoms with Crippen LogP contribution in [0.25, 0.3) is 0 Å². The minimum absolute atomic E-state index is 0.0823. The number of carbonyl (C=O) groups excluding carboxylic acids is 1. The first-order valence-electron chi connectivity index (χ1n) is 5.90. The van der Waals surface area contributed by atoms with Crippen LogP contribution in [0.4, 0.5) is 0 Å². The van der Waals surface area contributed by atoms with Crippen molar-refractivity contribution in [3.63, 3.8) is 0 Å². The SMILES string of the molecule is CN(CC1CCCC1)C(=O)c1cnc(Cl)cn1. The number of carbonyl (C=O) groups is 1. The predicted molar refractivity (Wildman–Crippen MR) is 66.0 cm³/mol. The van der Waals surface area contributed by atoms with Gasteiger partial charge in [-0.1, -0.05) is 24.4 Å². The first-order valence-corrected chi connectivity index (χ1v) is 6.27. The molecule has 4 nitrogen and oxygen atoms in total. The van der Waals surface area contributed by atoms with E-state index in [0.717, 1.165) is 6.54 Å². The van der Waals surface area contributed by atoms with Crippen LogP contribution in [0.3, 0.4) is 0 Å². The number of amides is 1. The number of aromatic nitrogens is 2. The Labute approximate surface area is 106 Å². The lowest BCUT2D eigenvalue weighted by Gasteiger charge is -2.20. The Morgan fingerprint density at radius 1 is 1.41 bits per heavy atom. The zero-order chi connectivity index (χ0) is 12.3. The average Bonchev–Trinajstić information content (AvgIpc) is 2.82. The van der Waals surface area contributed by atoms with Crippen LogP contribution in [0.1, 0.15) is 36.2 Å². The molecule has 2 rings (SSSR count). The van der Waals surface area contributed by atoms with Crippen molar-refractivity contribution >= 4 is 17.5 Å². The van der Waals surface area contributed by atoms with Crippen LogP contribution in [0.2, 0.25) is 5.15 Å². The zero-order valence-electron chi connectivity index (χ0n) is 9.90. The molecule has 0 atom stereocenters. The van der Waals surface area contributed by atoms with Crippen molar-refractivity contribution in [2.24, 2.45) is 5.92 Å². The summed E-state index contributed by atoms with van der Waals surface area (Å²) in [7, 11) is 1.82. The summed E-state index contributed by atoms with van der Waals surface area (Å²) in [5, 5.41) is 0.306. The fourth-order valence-corrected chi connectivity index (χ4v) is 2.38. The van der Waals surface area contributed by atoms with Crippen molar-refractivity contribution in [1.29, 1.82) is 0 Å². The van der Waals surface area contributed by atoms with E-state index in [1.807, 2.05) is 7.05 Å². The zero-order valence-corrected chi connectivity index (χ0v) is 10.7. The van der Waals surface area contributed by atoms with E-state index in [1.54, 1.807) is 4.90 Å². The van der Waals surface area contributed by atoms with E-state index in [2.05, 4.69) is 9.97 Å². The normalized spacial score (nSPS) is 16.1. The molecule has 1 aromatic rings. The molecule has 1 aliphatic rings. The van der Waals surface area contributed by atoms with Crippen molar-refractivity contribution in [3.8, 4) is 0 Å². The summed E-state index contributed by atoms with van der Waals surface area (Å²) >= 11 is 5.63. The third-order valence-corrected chi connectivity index (χ3v) is 3.39. The van der Waals surface area contributed by atoms with Gasteiger partial charge < -0.3 is 4.90 Å². The molecule has 0 aliphatic heterocycles.